The van der Waals surface area contributed by atoms with Gasteiger partial charge in [-0.05, 0) is 50.6 Å². The highest BCUT2D eigenvalue weighted by molar-refractivity contribution is 6.07. The molecule has 1 aromatic heterocycles. The van der Waals surface area contributed by atoms with Crippen LogP contribution in [0.2, 0.25) is 0 Å². The van der Waals surface area contributed by atoms with E-state index in [1.54, 1.807) is 4.90 Å². The molecule has 0 atom stereocenters. The largest absolute Gasteiger partial charge is 0.312 e. The Morgan fingerprint density at radius 3 is 2.06 bits per heavy atom. The molecule has 5 heteroatoms. The standard InChI is InChI=1S/C26H26N4O/c1-19-13-11-12-18-22(19)23-27-28-25(29(23)4)26(2,3)30(21-16-9-6-10-17-21)24(31)20-14-7-5-8-15-20/h5-18H,1-4H3. The molecule has 156 valence electrons. The van der Waals surface area contributed by atoms with Crippen molar-refractivity contribution in [3.8, 4) is 11.4 Å². The Labute approximate surface area is 183 Å². The Morgan fingerprint density at radius 1 is 0.839 bits per heavy atom. The molecule has 0 aliphatic heterocycles. The molecule has 0 saturated carbocycles. The Morgan fingerprint density at radius 2 is 1.42 bits per heavy atom. The van der Waals surface area contributed by atoms with Crippen LogP contribution in [-0.2, 0) is 12.6 Å². The van der Waals surface area contributed by atoms with Gasteiger partial charge in [-0.2, -0.15) is 0 Å². The van der Waals surface area contributed by atoms with E-state index in [9.17, 15) is 4.79 Å². The minimum absolute atomic E-state index is 0.0859. The third-order valence-electron chi connectivity index (χ3n) is 5.61. The summed E-state index contributed by atoms with van der Waals surface area (Å²) >= 11 is 0. The summed E-state index contributed by atoms with van der Waals surface area (Å²) in [6.07, 6.45) is 0. The van der Waals surface area contributed by atoms with Gasteiger partial charge in [0.1, 0.15) is 5.54 Å². The maximum absolute atomic E-state index is 13.7. The second-order valence-corrected chi connectivity index (χ2v) is 8.12. The van der Waals surface area contributed by atoms with Gasteiger partial charge in [-0.15, -0.1) is 10.2 Å². The van der Waals surface area contributed by atoms with Gasteiger partial charge in [0.05, 0.1) is 0 Å². The maximum atomic E-state index is 13.7. The molecule has 4 aromatic rings. The van der Waals surface area contributed by atoms with Crippen LogP contribution in [0, 0.1) is 6.92 Å². The topological polar surface area (TPSA) is 51.0 Å². The van der Waals surface area contributed by atoms with Crippen LogP contribution in [-0.4, -0.2) is 20.7 Å². The van der Waals surface area contributed by atoms with E-state index in [0.29, 0.717) is 11.4 Å². The van der Waals surface area contributed by atoms with Gasteiger partial charge < -0.3 is 4.57 Å². The number of anilines is 1. The number of benzene rings is 3. The zero-order valence-electron chi connectivity index (χ0n) is 18.3. The van der Waals surface area contributed by atoms with Crippen molar-refractivity contribution in [1.29, 1.82) is 0 Å². The van der Waals surface area contributed by atoms with Crippen molar-refractivity contribution in [2.24, 2.45) is 7.05 Å². The highest BCUT2D eigenvalue weighted by Gasteiger charge is 2.38. The summed E-state index contributed by atoms with van der Waals surface area (Å²) in [5, 5.41) is 9.04. The van der Waals surface area contributed by atoms with Crippen molar-refractivity contribution in [1.82, 2.24) is 14.8 Å². The van der Waals surface area contributed by atoms with E-state index in [2.05, 4.69) is 23.2 Å². The number of rotatable bonds is 5. The van der Waals surface area contributed by atoms with E-state index in [0.717, 1.165) is 22.6 Å². The minimum Gasteiger partial charge on any atom is -0.312 e. The Hall–Kier alpha value is -3.73. The molecule has 5 nitrogen and oxygen atoms in total. The van der Waals surface area contributed by atoms with Crippen molar-refractivity contribution in [3.05, 3.63) is 102 Å². The highest BCUT2D eigenvalue weighted by atomic mass is 16.2. The lowest BCUT2D eigenvalue weighted by Crippen LogP contribution is -2.47. The summed E-state index contributed by atoms with van der Waals surface area (Å²) in [6, 6.07) is 27.2. The number of para-hydroxylation sites is 1. The zero-order chi connectivity index (χ0) is 22.0. The Kier molecular flexibility index (Phi) is 5.42. The van der Waals surface area contributed by atoms with Gasteiger partial charge in [0.15, 0.2) is 11.6 Å². The molecule has 0 radical (unpaired) electrons. The van der Waals surface area contributed by atoms with Gasteiger partial charge in [-0.25, -0.2) is 0 Å². The second-order valence-electron chi connectivity index (χ2n) is 8.12. The molecule has 0 bridgehead atoms. The molecule has 0 N–H and O–H groups in total. The van der Waals surface area contributed by atoms with E-state index in [4.69, 9.17) is 0 Å². The average molecular weight is 411 g/mol. The zero-order valence-corrected chi connectivity index (χ0v) is 18.3. The highest BCUT2D eigenvalue weighted by Crippen LogP contribution is 2.34. The van der Waals surface area contributed by atoms with Crippen LogP contribution >= 0.6 is 0 Å². The molecule has 3 aromatic carbocycles. The van der Waals surface area contributed by atoms with E-state index >= 15 is 0 Å². The lowest BCUT2D eigenvalue weighted by Gasteiger charge is -2.38. The molecule has 0 spiro atoms. The van der Waals surface area contributed by atoms with Crippen LogP contribution in [0.25, 0.3) is 11.4 Å². The van der Waals surface area contributed by atoms with Gasteiger partial charge in [0.2, 0.25) is 0 Å². The third kappa shape index (κ3) is 3.75. The van der Waals surface area contributed by atoms with Crippen LogP contribution in [0.15, 0.2) is 84.9 Å². The van der Waals surface area contributed by atoms with Crippen molar-refractivity contribution in [2.75, 3.05) is 4.90 Å². The molecule has 1 amide bonds. The summed E-state index contributed by atoms with van der Waals surface area (Å²) in [5.74, 6) is 1.40. The second kappa shape index (κ2) is 8.19. The minimum atomic E-state index is -0.753. The number of nitrogens with zero attached hydrogens (tertiary/aromatic N) is 4. The van der Waals surface area contributed by atoms with Crippen molar-refractivity contribution >= 4 is 11.6 Å². The number of aryl methyl sites for hydroxylation is 1. The lowest BCUT2D eigenvalue weighted by molar-refractivity contribution is 0.0958. The smallest absolute Gasteiger partial charge is 0.259 e. The summed E-state index contributed by atoms with van der Waals surface area (Å²) in [7, 11) is 1.95. The van der Waals surface area contributed by atoms with Gasteiger partial charge in [-0.1, -0.05) is 60.7 Å². The fraction of sp³-hybridized carbons (Fsp3) is 0.192. The monoisotopic (exact) mass is 410 g/mol. The fourth-order valence-electron chi connectivity index (χ4n) is 4.00. The van der Waals surface area contributed by atoms with E-state index in [-0.39, 0.29) is 5.91 Å². The van der Waals surface area contributed by atoms with Crippen molar-refractivity contribution in [3.63, 3.8) is 0 Å². The molecule has 0 aliphatic rings. The Balaban J connectivity index is 1.84. The first-order chi connectivity index (χ1) is 14.9. The normalized spacial score (nSPS) is 11.4. The lowest BCUT2D eigenvalue weighted by atomic mass is 9.98. The number of hydrogen-bond donors (Lipinski definition) is 0. The van der Waals surface area contributed by atoms with Gasteiger partial charge in [0, 0.05) is 23.9 Å². The molecule has 1 heterocycles. The number of hydrogen-bond acceptors (Lipinski definition) is 3. The van der Waals surface area contributed by atoms with Gasteiger partial charge in [0.25, 0.3) is 5.91 Å². The molecule has 0 aliphatic carbocycles. The predicted octanol–water partition coefficient (Wildman–Crippen LogP) is 5.37. The van der Waals surface area contributed by atoms with Crippen molar-refractivity contribution < 1.29 is 4.79 Å². The van der Waals surface area contributed by atoms with Crippen LogP contribution in [0.4, 0.5) is 5.69 Å². The number of aromatic nitrogens is 3. The van der Waals surface area contributed by atoms with Crippen LogP contribution < -0.4 is 4.90 Å². The molecule has 0 unspecified atom stereocenters. The molecule has 31 heavy (non-hydrogen) atoms. The molecular formula is C26H26N4O. The van der Waals surface area contributed by atoms with Crippen LogP contribution in [0.1, 0.15) is 35.6 Å². The fourth-order valence-corrected chi connectivity index (χ4v) is 4.00. The first-order valence-electron chi connectivity index (χ1n) is 10.3. The molecule has 0 fully saturated rings. The van der Waals surface area contributed by atoms with Crippen LogP contribution in [0.5, 0.6) is 0 Å². The van der Waals surface area contributed by atoms with Gasteiger partial charge in [-0.3, -0.25) is 9.69 Å². The molecular weight excluding hydrogens is 384 g/mol. The number of carbonyl (C=O) groups excluding carboxylic acids is 1. The quantitative estimate of drug-likeness (QED) is 0.444. The maximum Gasteiger partial charge on any atom is 0.259 e. The van der Waals surface area contributed by atoms with E-state index in [1.165, 1.54) is 0 Å². The number of carbonyl (C=O) groups is 1. The van der Waals surface area contributed by atoms with Crippen LogP contribution in [0.3, 0.4) is 0 Å². The first-order valence-corrected chi connectivity index (χ1v) is 10.3. The Bertz CT molecular complexity index is 1200. The number of amides is 1. The molecule has 0 saturated heterocycles. The summed E-state index contributed by atoms with van der Waals surface area (Å²) in [5.41, 5.74) is 2.84. The van der Waals surface area contributed by atoms with E-state index in [1.807, 2.05) is 104 Å². The molecule has 4 rings (SSSR count). The third-order valence-corrected chi connectivity index (χ3v) is 5.61. The SMILES string of the molecule is Cc1ccccc1-c1nnc(C(C)(C)N(C(=O)c2ccccc2)c2ccccc2)n1C. The van der Waals surface area contributed by atoms with Gasteiger partial charge >= 0.3 is 0 Å². The first kappa shape index (κ1) is 20.5. The summed E-state index contributed by atoms with van der Waals surface area (Å²) < 4.78 is 1.98. The average Bonchev–Trinajstić information content (AvgIpc) is 3.17. The predicted molar refractivity (Wildman–Crippen MR) is 124 cm³/mol. The van der Waals surface area contributed by atoms with Crippen molar-refractivity contribution in [2.45, 2.75) is 26.3 Å². The summed E-state index contributed by atoms with van der Waals surface area (Å²) in [4.78, 5) is 15.5. The summed E-state index contributed by atoms with van der Waals surface area (Å²) in [6.45, 7) is 6.07. The van der Waals surface area contributed by atoms with E-state index < -0.39 is 5.54 Å².